The van der Waals surface area contributed by atoms with Gasteiger partial charge in [0.15, 0.2) is 0 Å². The Morgan fingerprint density at radius 3 is 2.90 bits per heavy atom. The van der Waals surface area contributed by atoms with Gasteiger partial charge in [0.25, 0.3) is 5.70 Å². The summed E-state index contributed by atoms with van der Waals surface area (Å²) in [5.74, 6) is 0. The Morgan fingerprint density at radius 2 is 2.50 bits per heavy atom. The molecule has 0 spiro atoms. The van der Waals surface area contributed by atoms with Crippen molar-refractivity contribution in [2.75, 3.05) is 6.54 Å². The van der Waals surface area contributed by atoms with Crippen molar-refractivity contribution in [1.29, 1.82) is 0 Å². The van der Waals surface area contributed by atoms with Gasteiger partial charge in [-0.25, -0.2) is 0 Å². The zero-order chi connectivity index (χ0) is 7.98. The topological polar surface area (TPSA) is 55.2 Å². The van der Waals surface area contributed by atoms with E-state index in [1.807, 2.05) is 6.92 Å². The first-order valence-electron chi connectivity index (χ1n) is 2.85. The van der Waals surface area contributed by atoms with E-state index in [2.05, 4.69) is 11.9 Å². The van der Waals surface area contributed by atoms with Crippen LogP contribution in [0.4, 0.5) is 0 Å². The molecule has 0 aliphatic heterocycles. The predicted molar refractivity (Wildman–Crippen MR) is 39.0 cm³/mol. The summed E-state index contributed by atoms with van der Waals surface area (Å²) in [5.41, 5.74) is -0.0295. The van der Waals surface area contributed by atoms with E-state index in [9.17, 15) is 10.1 Å². The van der Waals surface area contributed by atoms with E-state index in [0.717, 1.165) is 0 Å². The van der Waals surface area contributed by atoms with Crippen molar-refractivity contribution in [3.8, 4) is 0 Å². The zero-order valence-corrected chi connectivity index (χ0v) is 5.83. The summed E-state index contributed by atoms with van der Waals surface area (Å²) < 4.78 is 0. The van der Waals surface area contributed by atoms with Gasteiger partial charge >= 0.3 is 0 Å². The number of hydrogen-bond donors (Lipinski definition) is 1. The maximum absolute atomic E-state index is 9.94. The molecular formula is C6H10N2O2. The first-order valence-corrected chi connectivity index (χ1v) is 2.85. The molecule has 0 saturated heterocycles. The summed E-state index contributed by atoms with van der Waals surface area (Å²) >= 11 is 0. The summed E-state index contributed by atoms with van der Waals surface area (Å²) in [4.78, 5) is 9.43. The van der Waals surface area contributed by atoms with Crippen molar-refractivity contribution in [3.63, 3.8) is 0 Å². The van der Waals surface area contributed by atoms with Gasteiger partial charge in [0.05, 0.1) is 4.92 Å². The van der Waals surface area contributed by atoms with Crippen LogP contribution in [0.25, 0.3) is 0 Å². The quantitative estimate of drug-likeness (QED) is 0.468. The SMILES string of the molecule is C=C(CN/C=C/C)[N+](=O)[O-]. The van der Waals surface area contributed by atoms with Crippen LogP contribution in [-0.2, 0) is 0 Å². The fourth-order valence-electron chi connectivity index (χ4n) is 0.359. The lowest BCUT2D eigenvalue weighted by Crippen LogP contribution is -2.13. The van der Waals surface area contributed by atoms with Gasteiger partial charge in [0, 0.05) is 0 Å². The Hall–Kier alpha value is -1.32. The third-order valence-corrected chi connectivity index (χ3v) is 0.849. The maximum atomic E-state index is 9.94. The monoisotopic (exact) mass is 142 g/mol. The van der Waals surface area contributed by atoms with Crippen molar-refractivity contribution in [2.45, 2.75) is 6.92 Å². The Morgan fingerprint density at radius 1 is 1.90 bits per heavy atom. The first kappa shape index (κ1) is 8.68. The van der Waals surface area contributed by atoms with Crippen LogP contribution >= 0.6 is 0 Å². The standard InChI is InChI=1S/C6H10N2O2/c1-3-4-7-5-6(2)8(9)10/h3-4,7H,2,5H2,1H3/b4-3+. The molecule has 0 aliphatic carbocycles. The highest BCUT2D eigenvalue weighted by Gasteiger charge is 2.02. The predicted octanol–water partition coefficient (Wildman–Crippen LogP) is 0.900. The third-order valence-electron chi connectivity index (χ3n) is 0.849. The molecule has 1 N–H and O–H groups in total. The molecule has 0 fully saturated rings. The minimum atomic E-state index is -0.503. The van der Waals surface area contributed by atoms with Gasteiger partial charge in [0.1, 0.15) is 6.54 Å². The van der Waals surface area contributed by atoms with Crippen LogP contribution in [-0.4, -0.2) is 11.5 Å². The van der Waals surface area contributed by atoms with Gasteiger partial charge in [0.2, 0.25) is 0 Å². The highest BCUT2D eigenvalue weighted by Crippen LogP contribution is 1.86. The largest absolute Gasteiger partial charge is 0.381 e. The molecule has 0 aromatic carbocycles. The van der Waals surface area contributed by atoms with Crippen molar-refractivity contribution in [3.05, 3.63) is 34.7 Å². The number of nitrogens with one attached hydrogen (secondary N) is 1. The van der Waals surface area contributed by atoms with Crippen LogP contribution < -0.4 is 5.32 Å². The van der Waals surface area contributed by atoms with E-state index in [-0.39, 0.29) is 12.2 Å². The second kappa shape index (κ2) is 4.55. The molecule has 56 valence electrons. The molecule has 0 aromatic heterocycles. The normalized spacial score (nSPS) is 9.70. The van der Waals surface area contributed by atoms with Crippen molar-refractivity contribution in [2.24, 2.45) is 0 Å². The molecule has 10 heavy (non-hydrogen) atoms. The summed E-state index contributed by atoms with van der Waals surface area (Å²) in [6, 6.07) is 0. The third kappa shape index (κ3) is 3.65. The lowest BCUT2D eigenvalue weighted by Gasteiger charge is -1.94. The molecule has 0 aromatic rings. The minimum Gasteiger partial charge on any atom is -0.381 e. The van der Waals surface area contributed by atoms with E-state index in [1.54, 1.807) is 12.3 Å². The average Bonchev–Trinajstić information content (AvgIpc) is 1.88. The molecule has 0 rings (SSSR count). The Balaban J connectivity index is 3.50. The van der Waals surface area contributed by atoms with E-state index in [4.69, 9.17) is 0 Å². The number of nitro groups is 1. The highest BCUT2D eigenvalue weighted by molar-refractivity contribution is 4.87. The zero-order valence-electron chi connectivity index (χ0n) is 5.83. The highest BCUT2D eigenvalue weighted by atomic mass is 16.6. The molecule has 0 saturated carbocycles. The molecule has 0 radical (unpaired) electrons. The average molecular weight is 142 g/mol. The summed E-state index contributed by atoms with van der Waals surface area (Å²) in [5, 5.41) is 12.6. The van der Waals surface area contributed by atoms with E-state index < -0.39 is 4.92 Å². The van der Waals surface area contributed by atoms with Gasteiger partial charge < -0.3 is 5.32 Å². The number of rotatable bonds is 4. The van der Waals surface area contributed by atoms with Gasteiger partial charge in [-0.15, -0.1) is 0 Å². The van der Waals surface area contributed by atoms with Crippen LogP contribution in [0.15, 0.2) is 24.6 Å². The summed E-state index contributed by atoms with van der Waals surface area (Å²) in [6.45, 7) is 5.24. The van der Waals surface area contributed by atoms with Crippen molar-refractivity contribution >= 4 is 0 Å². The van der Waals surface area contributed by atoms with E-state index in [0.29, 0.717) is 0 Å². The van der Waals surface area contributed by atoms with Crippen LogP contribution in [0, 0.1) is 10.1 Å². The first-order chi connectivity index (χ1) is 4.68. The Kier molecular flexibility index (Phi) is 3.95. The molecule has 4 heteroatoms. The van der Waals surface area contributed by atoms with Gasteiger partial charge in [-0.3, -0.25) is 10.1 Å². The molecule has 0 atom stereocenters. The second-order valence-corrected chi connectivity index (χ2v) is 1.70. The molecule has 0 amide bonds. The molecular weight excluding hydrogens is 132 g/mol. The lowest BCUT2D eigenvalue weighted by atomic mass is 10.5. The Bertz CT molecular complexity index is 163. The fourth-order valence-corrected chi connectivity index (χ4v) is 0.359. The number of nitrogens with zero attached hydrogens (tertiary/aromatic N) is 1. The van der Waals surface area contributed by atoms with Gasteiger partial charge in [-0.1, -0.05) is 6.08 Å². The summed E-state index contributed by atoms with van der Waals surface area (Å²) in [6.07, 6.45) is 3.39. The van der Waals surface area contributed by atoms with Gasteiger partial charge in [-0.05, 0) is 19.7 Å². The molecule has 0 heterocycles. The number of hydrogen-bond acceptors (Lipinski definition) is 3. The van der Waals surface area contributed by atoms with E-state index in [1.165, 1.54) is 0 Å². The maximum Gasteiger partial charge on any atom is 0.258 e. The smallest absolute Gasteiger partial charge is 0.258 e. The molecule has 0 unspecified atom stereocenters. The van der Waals surface area contributed by atoms with E-state index >= 15 is 0 Å². The fraction of sp³-hybridized carbons (Fsp3) is 0.333. The molecule has 0 bridgehead atoms. The van der Waals surface area contributed by atoms with Crippen LogP contribution in [0.5, 0.6) is 0 Å². The minimum absolute atomic E-state index is 0.0295. The Labute approximate surface area is 59.4 Å². The van der Waals surface area contributed by atoms with Gasteiger partial charge in [-0.2, -0.15) is 0 Å². The molecule has 4 nitrogen and oxygen atoms in total. The van der Waals surface area contributed by atoms with Crippen molar-refractivity contribution < 1.29 is 4.92 Å². The molecule has 0 aliphatic rings. The number of allylic oxidation sites excluding steroid dienone is 1. The lowest BCUT2D eigenvalue weighted by molar-refractivity contribution is -0.425. The second-order valence-electron chi connectivity index (χ2n) is 1.70. The van der Waals surface area contributed by atoms with Crippen LogP contribution in [0.3, 0.4) is 0 Å². The summed E-state index contributed by atoms with van der Waals surface area (Å²) in [7, 11) is 0. The van der Waals surface area contributed by atoms with Crippen molar-refractivity contribution in [1.82, 2.24) is 5.32 Å². The van der Waals surface area contributed by atoms with Crippen LogP contribution in [0.1, 0.15) is 6.92 Å². The van der Waals surface area contributed by atoms with Crippen LogP contribution in [0.2, 0.25) is 0 Å².